The van der Waals surface area contributed by atoms with Crippen molar-refractivity contribution in [1.82, 2.24) is 9.97 Å². The average Bonchev–Trinajstić information content (AvgIpc) is 3.36. The van der Waals surface area contributed by atoms with E-state index in [9.17, 15) is 4.79 Å². The van der Waals surface area contributed by atoms with Crippen molar-refractivity contribution >= 4 is 60.9 Å². The molecule has 148 valence electrons. The lowest BCUT2D eigenvalue weighted by Gasteiger charge is -2.07. The van der Waals surface area contributed by atoms with Gasteiger partial charge in [0.05, 0.1) is 27.2 Å². The SMILES string of the molecule is [N-]=[N+]=Nc1cc2cc3c(cc2nc1SCC(=O)Nc1nc2ccccc2s1)OCO3. The van der Waals surface area contributed by atoms with Gasteiger partial charge in [-0.25, -0.2) is 9.97 Å². The number of thiazole rings is 1. The molecule has 1 amide bonds. The van der Waals surface area contributed by atoms with Crippen LogP contribution in [0.1, 0.15) is 0 Å². The van der Waals surface area contributed by atoms with Crippen molar-refractivity contribution in [2.24, 2.45) is 5.11 Å². The van der Waals surface area contributed by atoms with E-state index in [-0.39, 0.29) is 18.5 Å². The van der Waals surface area contributed by atoms with Gasteiger partial charge in [-0.3, -0.25) is 4.79 Å². The highest BCUT2D eigenvalue weighted by Crippen LogP contribution is 2.39. The van der Waals surface area contributed by atoms with Crippen molar-refractivity contribution in [2.75, 3.05) is 17.9 Å². The van der Waals surface area contributed by atoms with Crippen LogP contribution in [0.15, 0.2) is 52.6 Å². The molecule has 9 nitrogen and oxygen atoms in total. The third-order valence-corrected chi connectivity index (χ3v) is 6.22. The van der Waals surface area contributed by atoms with Gasteiger partial charge in [-0.05, 0) is 29.8 Å². The molecular weight excluding hydrogens is 424 g/mol. The predicted octanol–water partition coefficient (Wildman–Crippen LogP) is 5.25. The first kappa shape index (κ1) is 18.5. The van der Waals surface area contributed by atoms with Crippen molar-refractivity contribution in [3.05, 3.63) is 52.9 Å². The van der Waals surface area contributed by atoms with E-state index < -0.39 is 0 Å². The van der Waals surface area contributed by atoms with E-state index in [0.717, 1.165) is 15.6 Å². The summed E-state index contributed by atoms with van der Waals surface area (Å²) in [5.74, 6) is 1.09. The maximum atomic E-state index is 12.4. The number of pyridine rings is 1. The Bertz CT molecular complexity index is 1320. The number of thioether (sulfide) groups is 1. The quantitative estimate of drug-likeness (QED) is 0.197. The molecule has 0 aliphatic carbocycles. The number of ether oxygens (including phenoxy) is 2. The largest absolute Gasteiger partial charge is 0.454 e. The van der Waals surface area contributed by atoms with Crippen molar-refractivity contribution in [2.45, 2.75) is 5.03 Å². The van der Waals surface area contributed by atoms with E-state index >= 15 is 0 Å². The highest BCUT2D eigenvalue weighted by atomic mass is 32.2. The van der Waals surface area contributed by atoms with Gasteiger partial charge in [0.1, 0.15) is 5.03 Å². The molecule has 4 aromatic rings. The number of anilines is 1. The van der Waals surface area contributed by atoms with Gasteiger partial charge >= 0.3 is 0 Å². The number of amides is 1. The molecule has 1 N–H and O–H groups in total. The first-order chi connectivity index (χ1) is 14.7. The number of nitrogens with one attached hydrogen (secondary N) is 1. The summed E-state index contributed by atoms with van der Waals surface area (Å²) in [5.41, 5.74) is 10.7. The lowest BCUT2D eigenvalue weighted by atomic mass is 10.2. The highest BCUT2D eigenvalue weighted by molar-refractivity contribution is 8.00. The molecule has 0 fully saturated rings. The van der Waals surface area contributed by atoms with Crippen LogP contribution in [0, 0.1) is 0 Å². The molecule has 30 heavy (non-hydrogen) atoms. The fraction of sp³-hybridized carbons (Fsp3) is 0.105. The van der Waals surface area contributed by atoms with Gasteiger partial charge in [0.2, 0.25) is 12.7 Å². The molecule has 0 atom stereocenters. The van der Waals surface area contributed by atoms with Crippen LogP contribution >= 0.6 is 23.1 Å². The molecular formula is C19H12N6O3S2. The molecule has 2 aromatic heterocycles. The minimum Gasteiger partial charge on any atom is -0.454 e. The van der Waals surface area contributed by atoms with Crippen LogP contribution in [-0.2, 0) is 4.79 Å². The summed E-state index contributed by atoms with van der Waals surface area (Å²) in [6.07, 6.45) is 0. The monoisotopic (exact) mass is 436 g/mol. The van der Waals surface area contributed by atoms with Gasteiger partial charge in [0, 0.05) is 16.4 Å². The zero-order valence-electron chi connectivity index (χ0n) is 15.2. The van der Waals surface area contributed by atoms with E-state index in [4.69, 9.17) is 15.0 Å². The summed E-state index contributed by atoms with van der Waals surface area (Å²) < 4.78 is 11.8. The number of carbonyl (C=O) groups excluding carboxylic acids is 1. The van der Waals surface area contributed by atoms with Crippen LogP contribution < -0.4 is 14.8 Å². The number of rotatable bonds is 5. The second-order valence-corrected chi connectivity index (χ2v) is 8.22. The Morgan fingerprint density at radius 2 is 2.03 bits per heavy atom. The molecule has 3 heterocycles. The molecule has 0 saturated carbocycles. The molecule has 0 unspecified atom stereocenters. The van der Waals surface area contributed by atoms with Crippen molar-refractivity contribution < 1.29 is 14.3 Å². The van der Waals surface area contributed by atoms with E-state index in [2.05, 4.69) is 25.3 Å². The third kappa shape index (κ3) is 3.57. The standard InChI is InChI=1S/C19H12N6O3S2/c20-25-24-13-5-10-6-14-15(28-9-27-14)7-12(10)21-18(13)29-8-17(26)23-19-22-11-3-1-2-4-16(11)30-19/h1-7H,8-9H2,(H,22,23,26). The summed E-state index contributed by atoms with van der Waals surface area (Å²) in [5, 5.41) is 8.28. The number of aromatic nitrogens is 2. The van der Waals surface area contributed by atoms with Gasteiger partial charge in [-0.2, -0.15) is 0 Å². The van der Waals surface area contributed by atoms with E-state index in [1.807, 2.05) is 24.3 Å². The molecule has 0 spiro atoms. The molecule has 5 rings (SSSR count). The number of hydrogen-bond acceptors (Lipinski definition) is 8. The predicted molar refractivity (Wildman–Crippen MR) is 116 cm³/mol. The number of carbonyl (C=O) groups is 1. The summed E-state index contributed by atoms with van der Waals surface area (Å²) in [4.78, 5) is 24.2. The summed E-state index contributed by atoms with van der Waals surface area (Å²) in [6.45, 7) is 0.155. The summed E-state index contributed by atoms with van der Waals surface area (Å²) in [6, 6.07) is 13.0. The average molecular weight is 436 g/mol. The van der Waals surface area contributed by atoms with Crippen LogP contribution in [0.3, 0.4) is 0 Å². The Hall–Kier alpha value is -3.53. The zero-order valence-corrected chi connectivity index (χ0v) is 16.9. The van der Waals surface area contributed by atoms with Crippen LogP contribution in [0.25, 0.3) is 31.6 Å². The topological polar surface area (TPSA) is 122 Å². The Balaban J connectivity index is 1.36. The molecule has 0 radical (unpaired) electrons. The van der Waals surface area contributed by atoms with Crippen LogP contribution in [0.5, 0.6) is 11.5 Å². The van der Waals surface area contributed by atoms with Crippen LogP contribution in [0.2, 0.25) is 0 Å². The van der Waals surface area contributed by atoms with Gasteiger partial charge < -0.3 is 14.8 Å². The number of hydrogen-bond donors (Lipinski definition) is 1. The fourth-order valence-corrected chi connectivity index (χ4v) is 4.61. The van der Waals surface area contributed by atoms with Gasteiger partial charge in [0.25, 0.3) is 0 Å². The minimum absolute atomic E-state index is 0.0902. The molecule has 2 aromatic carbocycles. The Labute approximate surface area is 177 Å². The lowest BCUT2D eigenvalue weighted by Crippen LogP contribution is -2.13. The van der Waals surface area contributed by atoms with E-state index in [1.54, 1.807) is 18.2 Å². The number of benzene rings is 2. The maximum Gasteiger partial charge on any atom is 0.236 e. The smallest absolute Gasteiger partial charge is 0.236 e. The third-order valence-electron chi connectivity index (χ3n) is 4.29. The van der Waals surface area contributed by atoms with E-state index in [0.29, 0.717) is 32.9 Å². The lowest BCUT2D eigenvalue weighted by molar-refractivity contribution is -0.113. The Kier molecular flexibility index (Phi) is 4.75. The number of nitrogens with zero attached hydrogens (tertiary/aromatic N) is 5. The van der Waals surface area contributed by atoms with Crippen molar-refractivity contribution in [3.63, 3.8) is 0 Å². The number of fused-ring (bicyclic) bond motifs is 3. The van der Waals surface area contributed by atoms with Crippen LogP contribution in [0.4, 0.5) is 10.8 Å². The molecule has 0 saturated heterocycles. The molecule has 1 aliphatic rings. The second kappa shape index (κ2) is 7.71. The number of azide groups is 1. The fourth-order valence-electron chi connectivity index (χ4n) is 2.98. The first-order valence-corrected chi connectivity index (χ1v) is 10.6. The second-order valence-electron chi connectivity index (χ2n) is 6.22. The summed E-state index contributed by atoms with van der Waals surface area (Å²) >= 11 is 2.60. The Morgan fingerprint density at radius 3 is 2.87 bits per heavy atom. The normalized spacial score (nSPS) is 12.1. The summed E-state index contributed by atoms with van der Waals surface area (Å²) in [7, 11) is 0. The van der Waals surface area contributed by atoms with Crippen molar-refractivity contribution in [3.8, 4) is 11.5 Å². The van der Waals surface area contributed by atoms with Gasteiger partial charge in [0.15, 0.2) is 16.6 Å². The minimum atomic E-state index is -0.224. The first-order valence-electron chi connectivity index (χ1n) is 8.77. The zero-order chi connectivity index (χ0) is 20.5. The van der Waals surface area contributed by atoms with Gasteiger partial charge in [-0.1, -0.05) is 40.3 Å². The molecule has 1 aliphatic heterocycles. The maximum absolute atomic E-state index is 12.4. The van der Waals surface area contributed by atoms with Crippen LogP contribution in [-0.4, -0.2) is 28.4 Å². The highest BCUT2D eigenvalue weighted by Gasteiger charge is 2.17. The Morgan fingerprint density at radius 1 is 1.20 bits per heavy atom. The number of para-hydroxylation sites is 1. The van der Waals surface area contributed by atoms with E-state index in [1.165, 1.54) is 23.1 Å². The van der Waals surface area contributed by atoms with Gasteiger partial charge in [-0.15, -0.1) is 0 Å². The van der Waals surface area contributed by atoms with Crippen molar-refractivity contribution in [1.29, 1.82) is 0 Å². The molecule has 0 bridgehead atoms. The molecule has 11 heteroatoms.